The second-order valence-corrected chi connectivity index (χ2v) is 4.52. The molecule has 90 valence electrons. The van der Waals surface area contributed by atoms with Crippen molar-refractivity contribution in [3.63, 3.8) is 0 Å². The first-order valence-electron chi connectivity index (χ1n) is 6.06. The summed E-state index contributed by atoms with van der Waals surface area (Å²) in [5.74, 6) is 0. The first-order chi connectivity index (χ1) is 8.31. The molecule has 1 N–H and O–H groups in total. The third kappa shape index (κ3) is 3.02. The standard InChI is InChI=1S/C13H18N4/c1-17(12-4-7-15-8-5-12)10-11-3-2-6-16-13(11)9-14/h2-3,6,12,15H,4-5,7-8,10H2,1H3. The van der Waals surface area contributed by atoms with Crippen LogP contribution in [0.1, 0.15) is 24.1 Å². The van der Waals surface area contributed by atoms with Gasteiger partial charge in [-0.25, -0.2) is 4.98 Å². The van der Waals surface area contributed by atoms with Crippen LogP contribution in [0.2, 0.25) is 0 Å². The maximum absolute atomic E-state index is 9.00. The average molecular weight is 230 g/mol. The lowest BCUT2D eigenvalue weighted by Gasteiger charge is -2.31. The van der Waals surface area contributed by atoms with E-state index >= 15 is 0 Å². The Morgan fingerprint density at radius 2 is 2.29 bits per heavy atom. The minimum Gasteiger partial charge on any atom is -0.317 e. The smallest absolute Gasteiger partial charge is 0.144 e. The fourth-order valence-electron chi connectivity index (χ4n) is 2.31. The van der Waals surface area contributed by atoms with Crippen LogP contribution in [-0.4, -0.2) is 36.1 Å². The van der Waals surface area contributed by atoms with Gasteiger partial charge in [0.05, 0.1) is 0 Å². The van der Waals surface area contributed by atoms with Crippen LogP contribution in [0.4, 0.5) is 0 Å². The highest BCUT2D eigenvalue weighted by Crippen LogP contribution is 2.14. The fraction of sp³-hybridized carbons (Fsp3) is 0.538. The summed E-state index contributed by atoms with van der Waals surface area (Å²) in [4.78, 5) is 6.43. The van der Waals surface area contributed by atoms with Crippen molar-refractivity contribution >= 4 is 0 Å². The number of hydrogen-bond donors (Lipinski definition) is 1. The maximum atomic E-state index is 9.00. The Labute approximate surface area is 102 Å². The van der Waals surface area contributed by atoms with Crippen LogP contribution in [0.15, 0.2) is 18.3 Å². The third-order valence-electron chi connectivity index (χ3n) is 3.35. The zero-order chi connectivity index (χ0) is 12.1. The molecule has 0 radical (unpaired) electrons. The van der Waals surface area contributed by atoms with Crippen LogP contribution in [0.5, 0.6) is 0 Å². The van der Waals surface area contributed by atoms with E-state index in [9.17, 15) is 0 Å². The van der Waals surface area contributed by atoms with Crippen molar-refractivity contribution < 1.29 is 0 Å². The summed E-state index contributed by atoms with van der Waals surface area (Å²) in [5.41, 5.74) is 1.57. The molecule has 0 bridgehead atoms. The molecule has 4 heteroatoms. The van der Waals surface area contributed by atoms with Gasteiger partial charge in [-0.05, 0) is 39.0 Å². The summed E-state index contributed by atoms with van der Waals surface area (Å²) >= 11 is 0. The number of rotatable bonds is 3. The lowest BCUT2D eigenvalue weighted by molar-refractivity contribution is 0.191. The lowest BCUT2D eigenvalue weighted by atomic mass is 10.0. The van der Waals surface area contributed by atoms with Crippen LogP contribution in [-0.2, 0) is 6.54 Å². The Morgan fingerprint density at radius 1 is 1.53 bits per heavy atom. The van der Waals surface area contributed by atoms with Crippen molar-refractivity contribution in [3.8, 4) is 6.07 Å². The van der Waals surface area contributed by atoms with Crippen molar-refractivity contribution in [2.45, 2.75) is 25.4 Å². The highest BCUT2D eigenvalue weighted by atomic mass is 15.1. The second kappa shape index (κ2) is 5.76. The third-order valence-corrected chi connectivity index (χ3v) is 3.35. The van der Waals surface area contributed by atoms with Gasteiger partial charge in [0.1, 0.15) is 11.8 Å². The highest BCUT2D eigenvalue weighted by molar-refractivity contribution is 5.30. The van der Waals surface area contributed by atoms with Crippen LogP contribution in [0.25, 0.3) is 0 Å². The maximum Gasteiger partial charge on any atom is 0.144 e. The zero-order valence-electron chi connectivity index (χ0n) is 10.2. The number of nitrogens with zero attached hydrogens (tertiary/aromatic N) is 3. The predicted molar refractivity (Wildman–Crippen MR) is 66.3 cm³/mol. The van der Waals surface area contributed by atoms with E-state index in [4.69, 9.17) is 5.26 Å². The van der Waals surface area contributed by atoms with Gasteiger partial charge in [-0.3, -0.25) is 4.90 Å². The topological polar surface area (TPSA) is 52.0 Å². The summed E-state index contributed by atoms with van der Waals surface area (Å²) < 4.78 is 0. The number of aromatic nitrogens is 1. The Kier molecular flexibility index (Phi) is 4.08. The molecule has 0 aromatic carbocycles. The molecule has 1 saturated heterocycles. The van der Waals surface area contributed by atoms with Crippen LogP contribution in [0, 0.1) is 11.3 Å². The molecule has 0 unspecified atom stereocenters. The van der Waals surface area contributed by atoms with Gasteiger partial charge in [0.2, 0.25) is 0 Å². The Morgan fingerprint density at radius 3 is 3.00 bits per heavy atom. The number of piperidine rings is 1. The summed E-state index contributed by atoms with van der Waals surface area (Å²) in [6.45, 7) is 2.99. The average Bonchev–Trinajstić information content (AvgIpc) is 2.40. The number of nitrogens with one attached hydrogen (secondary N) is 1. The normalized spacial score (nSPS) is 17.0. The van der Waals surface area contributed by atoms with Crippen molar-refractivity contribution in [2.75, 3.05) is 20.1 Å². The van der Waals surface area contributed by atoms with E-state index in [1.165, 1.54) is 12.8 Å². The molecule has 1 aromatic rings. The number of nitriles is 1. The molecule has 0 saturated carbocycles. The molecule has 2 rings (SSSR count). The molecule has 1 fully saturated rings. The van der Waals surface area contributed by atoms with Crippen molar-refractivity contribution in [1.82, 2.24) is 15.2 Å². The monoisotopic (exact) mass is 230 g/mol. The lowest BCUT2D eigenvalue weighted by Crippen LogP contribution is -2.40. The van der Waals surface area contributed by atoms with E-state index in [0.29, 0.717) is 11.7 Å². The Balaban J connectivity index is 2.02. The second-order valence-electron chi connectivity index (χ2n) is 4.52. The van der Waals surface area contributed by atoms with Crippen molar-refractivity contribution in [2.24, 2.45) is 0 Å². The Hall–Kier alpha value is -1.44. The van der Waals surface area contributed by atoms with E-state index in [1.54, 1.807) is 6.20 Å². The van der Waals surface area contributed by atoms with Crippen molar-refractivity contribution in [1.29, 1.82) is 5.26 Å². The first-order valence-corrected chi connectivity index (χ1v) is 6.06. The highest BCUT2D eigenvalue weighted by Gasteiger charge is 2.18. The molecular formula is C13H18N4. The number of hydrogen-bond acceptors (Lipinski definition) is 4. The molecule has 0 amide bonds. The zero-order valence-corrected chi connectivity index (χ0v) is 10.2. The largest absolute Gasteiger partial charge is 0.317 e. The van der Waals surface area contributed by atoms with Crippen LogP contribution >= 0.6 is 0 Å². The summed E-state index contributed by atoms with van der Waals surface area (Å²) in [6.07, 6.45) is 4.03. The van der Waals surface area contributed by atoms with Gasteiger partial charge in [0, 0.05) is 24.3 Å². The first kappa shape index (κ1) is 12.0. The van der Waals surface area contributed by atoms with E-state index in [0.717, 1.165) is 25.2 Å². The molecule has 1 aliphatic heterocycles. The van der Waals surface area contributed by atoms with E-state index in [2.05, 4.69) is 28.3 Å². The molecular weight excluding hydrogens is 212 g/mol. The van der Waals surface area contributed by atoms with Gasteiger partial charge in [0.25, 0.3) is 0 Å². The van der Waals surface area contributed by atoms with E-state index in [-0.39, 0.29) is 0 Å². The van der Waals surface area contributed by atoms with Crippen LogP contribution in [0.3, 0.4) is 0 Å². The summed E-state index contributed by atoms with van der Waals surface area (Å²) in [5, 5.41) is 12.4. The van der Waals surface area contributed by atoms with Gasteiger partial charge in [-0.15, -0.1) is 0 Å². The minimum atomic E-state index is 0.549. The molecule has 2 heterocycles. The molecule has 17 heavy (non-hydrogen) atoms. The molecule has 0 atom stereocenters. The summed E-state index contributed by atoms with van der Waals surface area (Å²) in [6, 6.07) is 6.65. The van der Waals surface area contributed by atoms with E-state index in [1.807, 2.05) is 12.1 Å². The molecule has 1 aliphatic rings. The predicted octanol–water partition coefficient (Wildman–Crippen LogP) is 1.14. The number of pyridine rings is 1. The SMILES string of the molecule is CN(Cc1cccnc1C#N)C1CCNCC1. The molecule has 1 aromatic heterocycles. The quantitative estimate of drug-likeness (QED) is 0.846. The van der Waals surface area contributed by atoms with Crippen LogP contribution < -0.4 is 5.32 Å². The Bertz CT molecular complexity index is 404. The van der Waals surface area contributed by atoms with Crippen molar-refractivity contribution in [3.05, 3.63) is 29.6 Å². The molecule has 0 spiro atoms. The fourth-order valence-corrected chi connectivity index (χ4v) is 2.31. The van der Waals surface area contributed by atoms with Gasteiger partial charge in [-0.2, -0.15) is 5.26 Å². The summed E-state index contributed by atoms with van der Waals surface area (Å²) in [7, 11) is 2.13. The van der Waals surface area contributed by atoms with Gasteiger partial charge >= 0.3 is 0 Å². The molecule has 0 aliphatic carbocycles. The molecule has 4 nitrogen and oxygen atoms in total. The minimum absolute atomic E-state index is 0.549. The van der Waals surface area contributed by atoms with Gasteiger partial charge < -0.3 is 5.32 Å². The van der Waals surface area contributed by atoms with E-state index < -0.39 is 0 Å². The van der Waals surface area contributed by atoms with Gasteiger partial charge in [-0.1, -0.05) is 6.07 Å². The van der Waals surface area contributed by atoms with Gasteiger partial charge in [0.15, 0.2) is 0 Å².